The first-order valence-electron chi connectivity index (χ1n) is 11.5. The number of allylic oxidation sites excluding steroid dienone is 3. The fourth-order valence-corrected chi connectivity index (χ4v) is 3.74. The van der Waals surface area contributed by atoms with Crippen LogP contribution >= 0.6 is 11.6 Å². The molecule has 0 saturated heterocycles. The molecule has 0 fully saturated rings. The van der Waals surface area contributed by atoms with Crippen LogP contribution in [0.15, 0.2) is 73.6 Å². The molecular weight excluding hydrogens is 454 g/mol. The monoisotopic (exact) mass is 493 g/mol. The summed E-state index contributed by atoms with van der Waals surface area (Å²) >= 11 is 6.17. The van der Waals surface area contributed by atoms with Gasteiger partial charge < -0.3 is 21.4 Å². The highest BCUT2D eigenvalue weighted by Gasteiger charge is 2.14. The quantitative estimate of drug-likeness (QED) is 0.239. The fourth-order valence-electron chi connectivity index (χ4n) is 3.54. The maximum atomic E-state index is 6.17. The third kappa shape index (κ3) is 7.52. The molecule has 0 bridgehead atoms. The molecule has 0 radical (unpaired) electrons. The number of aromatic amines is 1. The number of imidazole rings is 1. The number of nitrogens with one attached hydrogen (secondary N) is 3. The third-order valence-electron chi connectivity index (χ3n) is 5.33. The number of nitrogens with two attached hydrogens (primary N) is 1. The lowest BCUT2D eigenvalue weighted by Gasteiger charge is -2.17. The van der Waals surface area contributed by atoms with E-state index in [1.54, 1.807) is 0 Å². The second-order valence-electron chi connectivity index (χ2n) is 7.79. The fraction of sp³-hybridized carbons (Fsp3) is 0.276. The van der Waals surface area contributed by atoms with E-state index in [1.807, 2.05) is 76.5 Å². The van der Waals surface area contributed by atoms with Crippen LogP contribution in [0.4, 0.5) is 0 Å². The van der Waals surface area contributed by atoms with Gasteiger partial charge in [-0.3, -0.25) is 0 Å². The predicted molar refractivity (Wildman–Crippen MR) is 155 cm³/mol. The standard InChI is InChI=1S/C26H30ClN5.C2H6.CH4/c1-6-22(26-31-24-14-20(18(4)28)12-16(2)25(24)32-26)23(10-11-29-5)30-15-17(3)19-8-7-9-21(27)13-19;1-2;/h6-14,17,29-30H,1,4,15,28H2,2-3,5H3,(H,31,32);1-2H3;1H4/b11-10-,23-22-;;. The molecule has 0 aliphatic carbocycles. The number of fused-ring (bicyclic) bond motifs is 1. The SMILES string of the molecule is C.C=C/C(=C(\C=C/NC)NCC(C)c1cccc(Cl)c1)c1nc2c(C)cc(C(=C)N)cc2[nH]1.CC. The van der Waals surface area contributed by atoms with Crippen molar-refractivity contribution in [3.8, 4) is 0 Å². The number of nitrogens with zero attached hydrogens (tertiary/aromatic N) is 1. The maximum Gasteiger partial charge on any atom is 0.140 e. The Morgan fingerprint density at radius 2 is 1.97 bits per heavy atom. The number of aromatic nitrogens is 2. The Bertz CT molecular complexity index is 1200. The van der Waals surface area contributed by atoms with Crippen LogP contribution in [-0.2, 0) is 0 Å². The van der Waals surface area contributed by atoms with Crippen molar-refractivity contribution in [3.05, 3.63) is 101 Å². The van der Waals surface area contributed by atoms with E-state index in [2.05, 4.69) is 41.8 Å². The first-order valence-corrected chi connectivity index (χ1v) is 11.9. The lowest BCUT2D eigenvalue weighted by molar-refractivity contribution is 0.687. The van der Waals surface area contributed by atoms with Crippen molar-refractivity contribution >= 4 is 33.9 Å². The molecule has 1 heterocycles. The van der Waals surface area contributed by atoms with Crippen molar-refractivity contribution in [2.24, 2.45) is 5.73 Å². The van der Waals surface area contributed by atoms with E-state index < -0.39 is 0 Å². The Morgan fingerprint density at radius 3 is 2.57 bits per heavy atom. The molecule has 1 unspecified atom stereocenters. The van der Waals surface area contributed by atoms with Crippen LogP contribution in [0.5, 0.6) is 0 Å². The van der Waals surface area contributed by atoms with Gasteiger partial charge in [0.1, 0.15) is 5.82 Å². The largest absolute Gasteiger partial charge is 0.399 e. The molecule has 0 aliphatic heterocycles. The van der Waals surface area contributed by atoms with E-state index in [1.165, 1.54) is 5.56 Å². The van der Waals surface area contributed by atoms with Crippen molar-refractivity contribution in [2.45, 2.75) is 41.0 Å². The predicted octanol–water partition coefficient (Wildman–Crippen LogP) is 7.14. The molecule has 0 aliphatic rings. The molecule has 1 aromatic heterocycles. The summed E-state index contributed by atoms with van der Waals surface area (Å²) in [5.74, 6) is 0.991. The van der Waals surface area contributed by atoms with Gasteiger partial charge >= 0.3 is 0 Å². The van der Waals surface area contributed by atoms with Gasteiger partial charge in [-0.15, -0.1) is 0 Å². The van der Waals surface area contributed by atoms with Crippen molar-refractivity contribution < 1.29 is 0 Å². The van der Waals surface area contributed by atoms with E-state index in [-0.39, 0.29) is 13.3 Å². The molecule has 0 amide bonds. The van der Waals surface area contributed by atoms with Crippen molar-refractivity contribution in [3.63, 3.8) is 0 Å². The molecule has 6 heteroatoms. The zero-order valence-corrected chi connectivity index (χ0v) is 21.6. The number of hydrogen-bond acceptors (Lipinski definition) is 4. The summed E-state index contributed by atoms with van der Waals surface area (Å²) in [6, 6.07) is 11.9. The van der Waals surface area contributed by atoms with Crippen LogP contribution in [0.3, 0.4) is 0 Å². The van der Waals surface area contributed by atoms with Gasteiger partial charge in [0.2, 0.25) is 0 Å². The van der Waals surface area contributed by atoms with Gasteiger partial charge in [0.05, 0.1) is 11.0 Å². The summed E-state index contributed by atoms with van der Waals surface area (Å²) in [6.07, 6.45) is 5.66. The van der Waals surface area contributed by atoms with E-state index in [0.29, 0.717) is 5.70 Å². The van der Waals surface area contributed by atoms with Crippen LogP contribution in [0, 0.1) is 6.92 Å². The molecule has 2 aromatic carbocycles. The highest BCUT2D eigenvalue weighted by molar-refractivity contribution is 6.30. The Hall–Kier alpha value is -3.44. The first kappa shape index (κ1) is 29.6. The van der Waals surface area contributed by atoms with Gasteiger partial charge in [-0.25, -0.2) is 4.98 Å². The second-order valence-corrected chi connectivity index (χ2v) is 8.23. The van der Waals surface area contributed by atoms with Crippen molar-refractivity contribution in [2.75, 3.05) is 13.6 Å². The zero-order chi connectivity index (χ0) is 25.3. The maximum absolute atomic E-state index is 6.17. The molecule has 188 valence electrons. The minimum absolute atomic E-state index is 0. The van der Waals surface area contributed by atoms with E-state index in [9.17, 15) is 0 Å². The summed E-state index contributed by atoms with van der Waals surface area (Å²) in [4.78, 5) is 8.26. The molecular formula is C29H40ClN5. The van der Waals surface area contributed by atoms with Gasteiger partial charge in [-0.05, 0) is 66.1 Å². The minimum atomic E-state index is 0. The molecule has 0 saturated carbocycles. The first-order chi connectivity index (χ1) is 16.3. The number of benzene rings is 2. The highest BCUT2D eigenvalue weighted by atomic mass is 35.5. The lowest BCUT2D eigenvalue weighted by Crippen LogP contribution is -2.20. The second kappa shape index (κ2) is 14.1. The molecule has 3 rings (SSSR count). The number of hydrogen-bond donors (Lipinski definition) is 4. The summed E-state index contributed by atoms with van der Waals surface area (Å²) in [5, 5.41) is 7.35. The van der Waals surface area contributed by atoms with Gasteiger partial charge in [-0.1, -0.05) is 71.2 Å². The molecule has 3 aromatic rings. The molecule has 35 heavy (non-hydrogen) atoms. The molecule has 1 atom stereocenters. The molecule has 0 spiro atoms. The Balaban J connectivity index is 0.00000199. The number of halogens is 1. The number of rotatable bonds is 9. The van der Waals surface area contributed by atoms with Gasteiger partial charge in [0.25, 0.3) is 0 Å². The Labute approximate surface area is 215 Å². The topological polar surface area (TPSA) is 78.8 Å². The van der Waals surface area contributed by atoms with Gasteiger partial charge in [0.15, 0.2) is 0 Å². The molecule has 5 N–H and O–H groups in total. The number of H-pyrrole nitrogens is 1. The average molecular weight is 494 g/mol. The minimum Gasteiger partial charge on any atom is -0.399 e. The van der Waals surface area contributed by atoms with Gasteiger partial charge in [0, 0.05) is 35.6 Å². The summed E-state index contributed by atoms with van der Waals surface area (Å²) in [6.45, 7) is 16.8. The Kier molecular flexibility index (Phi) is 11.9. The van der Waals surface area contributed by atoms with Crippen LogP contribution in [0.25, 0.3) is 22.3 Å². The van der Waals surface area contributed by atoms with Crippen LogP contribution in [0.2, 0.25) is 5.02 Å². The summed E-state index contributed by atoms with van der Waals surface area (Å²) < 4.78 is 0. The van der Waals surface area contributed by atoms with Crippen LogP contribution in [-0.4, -0.2) is 23.6 Å². The average Bonchev–Trinajstić information content (AvgIpc) is 3.26. The summed E-state index contributed by atoms with van der Waals surface area (Å²) in [5.41, 5.74) is 13.1. The van der Waals surface area contributed by atoms with Crippen molar-refractivity contribution in [1.82, 2.24) is 20.6 Å². The smallest absolute Gasteiger partial charge is 0.140 e. The molecule has 5 nitrogen and oxygen atoms in total. The normalized spacial score (nSPS) is 12.2. The lowest BCUT2D eigenvalue weighted by atomic mass is 10.0. The van der Waals surface area contributed by atoms with Crippen molar-refractivity contribution in [1.29, 1.82) is 0 Å². The van der Waals surface area contributed by atoms with Crippen LogP contribution in [0.1, 0.15) is 56.6 Å². The zero-order valence-electron chi connectivity index (χ0n) is 20.8. The third-order valence-corrected chi connectivity index (χ3v) is 5.57. The van der Waals surface area contributed by atoms with E-state index >= 15 is 0 Å². The highest BCUT2D eigenvalue weighted by Crippen LogP contribution is 2.26. The van der Waals surface area contributed by atoms with Gasteiger partial charge in [-0.2, -0.15) is 0 Å². The summed E-state index contributed by atoms with van der Waals surface area (Å²) in [7, 11) is 1.86. The van der Waals surface area contributed by atoms with E-state index in [4.69, 9.17) is 22.3 Å². The van der Waals surface area contributed by atoms with Crippen LogP contribution < -0.4 is 16.4 Å². The Morgan fingerprint density at radius 1 is 1.26 bits per heavy atom. The van der Waals surface area contributed by atoms with E-state index in [0.717, 1.165) is 50.8 Å². The number of aryl methyl sites for hydroxylation is 1.